The van der Waals surface area contributed by atoms with Crippen molar-refractivity contribution < 1.29 is 19.4 Å². The highest BCUT2D eigenvalue weighted by atomic mass is 16.5. The molecule has 0 aliphatic rings. The molecule has 4 heteroatoms. The lowest BCUT2D eigenvalue weighted by atomic mass is 9.93. The molecule has 2 aromatic rings. The Bertz CT molecular complexity index is 851. The summed E-state index contributed by atoms with van der Waals surface area (Å²) in [6.07, 6.45) is 3.28. The third kappa shape index (κ3) is 5.46. The number of rotatable bonds is 8. The van der Waals surface area contributed by atoms with Gasteiger partial charge < -0.3 is 14.6 Å². The van der Waals surface area contributed by atoms with Crippen LogP contribution in [0.3, 0.4) is 0 Å². The average molecular weight is 383 g/mol. The molecule has 1 N–H and O–H groups in total. The molecular weight excluding hydrogens is 352 g/mol. The molecule has 0 aliphatic heterocycles. The van der Waals surface area contributed by atoms with Gasteiger partial charge in [0.05, 0.1) is 6.61 Å². The largest absolute Gasteiger partial charge is 0.488 e. The lowest BCUT2D eigenvalue weighted by molar-refractivity contribution is -0.132. The first-order valence-electron chi connectivity index (χ1n) is 9.59. The number of carbonyl (C=O) groups is 1. The number of aliphatic hydroxyl groups is 1. The molecule has 0 unspecified atom stereocenters. The first kappa shape index (κ1) is 21.7. The first-order valence-corrected chi connectivity index (χ1v) is 9.59. The van der Waals surface area contributed by atoms with Crippen molar-refractivity contribution in [2.24, 2.45) is 0 Å². The van der Waals surface area contributed by atoms with Gasteiger partial charge in [-0.25, -0.2) is 0 Å². The first-order chi connectivity index (χ1) is 13.3. The van der Waals surface area contributed by atoms with Crippen LogP contribution in [0.1, 0.15) is 48.1 Å². The van der Waals surface area contributed by atoms with E-state index in [2.05, 4.69) is 0 Å². The maximum absolute atomic E-state index is 11.7. The number of ether oxygens (including phenoxy) is 2. The van der Waals surface area contributed by atoms with Crippen molar-refractivity contribution in [3.05, 3.63) is 69.8 Å². The smallest absolute Gasteiger partial charge is 0.308 e. The minimum Gasteiger partial charge on any atom is -0.488 e. The molecule has 4 nitrogen and oxygen atoms in total. The van der Waals surface area contributed by atoms with Gasteiger partial charge in [-0.2, -0.15) is 0 Å². The van der Waals surface area contributed by atoms with E-state index in [0.717, 1.165) is 45.6 Å². The monoisotopic (exact) mass is 382 g/mol. The molecule has 0 aliphatic carbocycles. The molecule has 0 aromatic heterocycles. The molecule has 2 rings (SSSR count). The van der Waals surface area contributed by atoms with Gasteiger partial charge in [-0.3, -0.25) is 4.79 Å². The van der Waals surface area contributed by atoms with Crippen LogP contribution >= 0.6 is 0 Å². The zero-order chi connectivity index (χ0) is 20.7. The van der Waals surface area contributed by atoms with Crippen molar-refractivity contribution >= 4 is 5.97 Å². The minimum absolute atomic E-state index is 0.0278. The second-order valence-electron chi connectivity index (χ2n) is 7.11. The van der Waals surface area contributed by atoms with Gasteiger partial charge in [0.2, 0.25) is 0 Å². The zero-order valence-corrected chi connectivity index (χ0v) is 17.5. The van der Waals surface area contributed by atoms with Gasteiger partial charge in [-0.05, 0) is 62.8 Å². The van der Waals surface area contributed by atoms with Gasteiger partial charge in [0.15, 0.2) is 0 Å². The Morgan fingerprint density at radius 2 is 1.64 bits per heavy atom. The quantitative estimate of drug-likeness (QED) is 0.397. The van der Waals surface area contributed by atoms with Crippen molar-refractivity contribution in [1.29, 1.82) is 0 Å². The maximum Gasteiger partial charge on any atom is 0.308 e. The summed E-state index contributed by atoms with van der Waals surface area (Å²) >= 11 is 0. The van der Waals surface area contributed by atoms with E-state index >= 15 is 0 Å². The van der Waals surface area contributed by atoms with Crippen LogP contribution in [0.15, 0.2) is 42.0 Å². The molecule has 0 fully saturated rings. The molecule has 0 saturated heterocycles. The van der Waals surface area contributed by atoms with Gasteiger partial charge in [-0.15, -0.1) is 0 Å². The van der Waals surface area contributed by atoms with Crippen molar-refractivity contribution in [3.8, 4) is 11.5 Å². The number of hydrogen-bond acceptors (Lipinski definition) is 4. The Labute approximate surface area is 167 Å². The zero-order valence-electron chi connectivity index (χ0n) is 17.5. The fourth-order valence-electron chi connectivity index (χ4n) is 3.26. The van der Waals surface area contributed by atoms with Crippen LogP contribution in [0.5, 0.6) is 11.5 Å². The van der Waals surface area contributed by atoms with E-state index in [1.165, 1.54) is 6.92 Å². The van der Waals surface area contributed by atoms with Crippen LogP contribution in [0.2, 0.25) is 0 Å². The lowest BCUT2D eigenvalue weighted by Gasteiger charge is -2.22. The third-order valence-electron chi connectivity index (χ3n) is 4.99. The van der Waals surface area contributed by atoms with Crippen LogP contribution < -0.4 is 9.47 Å². The van der Waals surface area contributed by atoms with Crippen LogP contribution in [0, 0.1) is 20.8 Å². The second-order valence-corrected chi connectivity index (χ2v) is 7.11. The molecule has 150 valence electrons. The fraction of sp³-hybridized carbons (Fsp3) is 0.375. The number of carbonyl (C=O) groups excluding carboxylic acids is 1. The highest BCUT2D eigenvalue weighted by molar-refractivity contribution is 5.72. The number of allylic oxidation sites excluding steroid dienone is 1. The minimum atomic E-state index is -0.330. The Morgan fingerprint density at radius 3 is 2.25 bits per heavy atom. The number of esters is 1. The van der Waals surface area contributed by atoms with Gasteiger partial charge in [0, 0.05) is 12.5 Å². The summed E-state index contributed by atoms with van der Waals surface area (Å²) in [6.45, 7) is 9.89. The van der Waals surface area contributed by atoms with E-state index in [1.54, 1.807) is 6.08 Å². The van der Waals surface area contributed by atoms with E-state index in [-0.39, 0.29) is 12.6 Å². The van der Waals surface area contributed by atoms with E-state index in [4.69, 9.17) is 14.6 Å². The fourth-order valence-corrected chi connectivity index (χ4v) is 3.26. The van der Waals surface area contributed by atoms with Crippen LogP contribution in [0.25, 0.3) is 0 Å². The van der Waals surface area contributed by atoms with Crippen LogP contribution in [-0.4, -0.2) is 17.7 Å². The lowest BCUT2D eigenvalue weighted by Crippen LogP contribution is -2.10. The Kier molecular flexibility index (Phi) is 7.82. The third-order valence-corrected chi connectivity index (χ3v) is 4.99. The molecule has 0 atom stereocenters. The number of hydrogen-bond donors (Lipinski definition) is 1. The van der Waals surface area contributed by atoms with Crippen LogP contribution in [0.4, 0.5) is 0 Å². The molecule has 0 radical (unpaired) electrons. The van der Waals surface area contributed by atoms with Crippen molar-refractivity contribution in [2.75, 3.05) is 6.61 Å². The van der Waals surface area contributed by atoms with Gasteiger partial charge >= 0.3 is 5.97 Å². The standard InChI is InChI=1S/C24H30O4/c1-16(13-14-25)11-12-22-19(4)23(27-15-21-9-7-6-8-10-21)17(2)18(3)24(22)28-20(5)26/h6-10,13,25H,11-12,14-15H2,1-5H3/b16-13+. The maximum atomic E-state index is 11.7. The predicted octanol–water partition coefficient (Wildman–Crippen LogP) is 4.99. The molecule has 2 aromatic carbocycles. The average Bonchev–Trinajstić information content (AvgIpc) is 2.66. The Hall–Kier alpha value is -2.59. The summed E-state index contributed by atoms with van der Waals surface area (Å²) in [5, 5.41) is 9.10. The van der Waals surface area contributed by atoms with Gasteiger partial charge in [0.1, 0.15) is 18.1 Å². The Morgan fingerprint density at radius 1 is 1.00 bits per heavy atom. The van der Waals surface area contributed by atoms with E-state index in [1.807, 2.05) is 58.0 Å². The summed E-state index contributed by atoms with van der Waals surface area (Å²) in [5.74, 6) is 1.14. The predicted molar refractivity (Wildman–Crippen MR) is 112 cm³/mol. The molecule has 0 amide bonds. The summed E-state index contributed by atoms with van der Waals surface area (Å²) in [6, 6.07) is 10.0. The molecule has 28 heavy (non-hydrogen) atoms. The summed E-state index contributed by atoms with van der Waals surface area (Å²) < 4.78 is 11.8. The van der Waals surface area contributed by atoms with E-state index in [0.29, 0.717) is 18.8 Å². The van der Waals surface area contributed by atoms with E-state index in [9.17, 15) is 4.79 Å². The normalized spacial score (nSPS) is 11.4. The van der Waals surface area contributed by atoms with Crippen LogP contribution in [-0.2, 0) is 17.8 Å². The summed E-state index contributed by atoms with van der Waals surface area (Å²) in [4.78, 5) is 11.7. The molecule has 0 heterocycles. The molecule has 0 spiro atoms. The molecular formula is C24H30O4. The highest BCUT2D eigenvalue weighted by Gasteiger charge is 2.21. The SMILES string of the molecule is CC(=O)Oc1c(C)c(C)c(OCc2ccccc2)c(C)c1CC/C(C)=C/CO. The van der Waals surface area contributed by atoms with Gasteiger partial charge in [0.25, 0.3) is 0 Å². The van der Waals surface area contributed by atoms with Crippen molar-refractivity contribution in [2.45, 2.75) is 54.1 Å². The Balaban J connectivity index is 2.42. The topological polar surface area (TPSA) is 55.8 Å². The van der Waals surface area contributed by atoms with Crippen molar-refractivity contribution in [1.82, 2.24) is 0 Å². The van der Waals surface area contributed by atoms with Crippen molar-refractivity contribution in [3.63, 3.8) is 0 Å². The van der Waals surface area contributed by atoms with Gasteiger partial charge in [-0.1, -0.05) is 42.0 Å². The van der Waals surface area contributed by atoms with E-state index < -0.39 is 0 Å². The molecule has 0 saturated carbocycles. The highest BCUT2D eigenvalue weighted by Crippen LogP contribution is 2.39. The number of aliphatic hydroxyl groups excluding tert-OH is 1. The second kappa shape index (κ2) is 10.1. The number of benzene rings is 2. The summed E-state index contributed by atoms with van der Waals surface area (Å²) in [7, 11) is 0. The molecule has 0 bridgehead atoms. The summed E-state index contributed by atoms with van der Waals surface area (Å²) in [5.41, 5.74) is 6.07.